The molecule has 0 spiro atoms. The fraction of sp³-hybridized carbons (Fsp3) is 0.316. The average molecular weight is 347 g/mol. The van der Waals surface area contributed by atoms with Gasteiger partial charge in [-0.3, -0.25) is 4.79 Å². The topological polar surface area (TPSA) is 32.3 Å². The molecule has 0 radical (unpaired) electrons. The van der Waals surface area contributed by atoms with Gasteiger partial charge in [-0.1, -0.05) is 17.7 Å². The number of aryl methyl sites for hydroxylation is 1. The van der Waals surface area contributed by atoms with E-state index in [1.54, 1.807) is 18.2 Å². The number of fused-ring (bicyclic) bond motifs is 1. The van der Waals surface area contributed by atoms with Crippen LogP contribution in [0.1, 0.15) is 24.5 Å². The number of rotatable bonds is 3. The number of nitrogens with one attached hydrogen (secondary N) is 1. The van der Waals surface area contributed by atoms with E-state index < -0.39 is 0 Å². The van der Waals surface area contributed by atoms with E-state index in [1.807, 2.05) is 24.0 Å². The van der Waals surface area contributed by atoms with Crippen molar-refractivity contribution in [1.29, 1.82) is 0 Å². The second-order valence-electron chi connectivity index (χ2n) is 6.25. The molecule has 5 heteroatoms. The summed E-state index contributed by atoms with van der Waals surface area (Å²) >= 11 is 6.10. The molecule has 0 saturated carbocycles. The van der Waals surface area contributed by atoms with E-state index >= 15 is 0 Å². The number of hydrogen-bond acceptors (Lipinski definition) is 2. The van der Waals surface area contributed by atoms with Crippen molar-refractivity contribution in [3.63, 3.8) is 0 Å². The molecule has 0 aliphatic carbocycles. The highest BCUT2D eigenvalue weighted by Gasteiger charge is 2.25. The van der Waals surface area contributed by atoms with Crippen LogP contribution >= 0.6 is 11.6 Å². The molecule has 1 unspecified atom stereocenters. The van der Waals surface area contributed by atoms with Crippen LogP contribution in [0.2, 0.25) is 5.02 Å². The van der Waals surface area contributed by atoms with Gasteiger partial charge in [0.15, 0.2) is 0 Å². The standard InChI is InChI=1S/C19H20ClFN2O/c1-12-6-7-14-10-15(21)8-9-18(14)23(12)11-19(24)22-17-5-3-4-16(20)13(17)2/h3-5,8-10,12H,6-7,11H2,1-2H3,(H,22,24). The molecule has 1 heterocycles. The highest BCUT2D eigenvalue weighted by molar-refractivity contribution is 6.31. The Kier molecular flexibility index (Phi) is 4.76. The maximum atomic E-state index is 13.4. The van der Waals surface area contributed by atoms with E-state index in [4.69, 9.17) is 11.6 Å². The summed E-state index contributed by atoms with van der Waals surface area (Å²) in [5.41, 5.74) is 3.46. The van der Waals surface area contributed by atoms with E-state index in [2.05, 4.69) is 12.2 Å². The van der Waals surface area contributed by atoms with E-state index in [-0.39, 0.29) is 24.3 Å². The summed E-state index contributed by atoms with van der Waals surface area (Å²) in [7, 11) is 0. The Morgan fingerprint density at radius 1 is 1.38 bits per heavy atom. The average Bonchev–Trinajstić information content (AvgIpc) is 2.54. The predicted octanol–water partition coefficient (Wildman–Crippen LogP) is 4.57. The van der Waals surface area contributed by atoms with Crippen LogP contribution in [0, 0.1) is 12.7 Å². The molecule has 0 aromatic heterocycles. The quantitative estimate of drug-likeness (QED) is 0.883. The monoisotopic (exact) mass is 346 g/mol. The molecule has 24 heavy (non-hydrogen) atoms. The molecule has 0 fully saturated rings. The van der Waals surface area contributed by atoms with Gasteiger partial charge in [0.05, 0.1) is 6.54 Å². The van der Waals surface area contributed by atoms with Crippen LogP contribution in [0.25, 0.3) is 0 Å². The van der Waals surface area contributed by atoms with Gasteiger partial charge in [0, 0.05) is 22.4 Å². The molecule has 0 saturated heterocycles. The molecule has 1 N–H and O–H groups in total. The molecule has 1 aliphatic rings. The summed E-state index contributed by atoms with van der Waals surface area (Å²) in [6.07, 6.45) is 1.74. The maximum absolute atomic E-state index is 13.4. The molecule has 2 aromatic rings. The molecule has 3 nitrogen and oxygen atoms in total. The molecule has 1 aliphatic heterocycles. The number of benzene rings is 2. The van der Waals surface area contributed by atoms with Crippen molar-refractivity contribution in [3.05, 3.63) is 58.4 Å². The zero-order valence-corrected chi connectivity index (χ0v) is 14.5. The van der Waals surface area contributed by atoms with Gasteiger partial charge in [-0.05, 0) is 68.1 Å². The van der Waals surface area contributed by atoms with E-state index in [1.165, 1.54) is 6.07 Å². The number of halogens is 2. The second-order valence-corrected chi connectivity index (χ2v) is 6.66. The van der Waals surface area contributed by atoms with Crippen molar-refractivity contribution in [2.24, 2.45) is 0 Å². The fourth-order valence-electron chi connectivity index (χ4n) is 3.12. The van der Waals surface area contributed by atoms with E-state index in [0.717, 1.165) is 35.3 Å². The SMILES string of the molecule is Cc1c(Cl)cccc1NC(=O)CN1c2ccc(F)cc2CCC1C. The molecule has 126 valence electrons. The number of nitrogens with zero attached hydrogens (tertiary/aromatic N) is 1. The smallest absolute Gasteiger partial charge is 0.243 e. The Morgan fingerprint density at radius 3 is 2.96 bits per heavy atom. The minimum atomic E-state index is -0.234. The van der Waals surface area contributed by atoms with Crippen molar-refractivity contribution >= 4 is 28.9 Å². The summed E-state index contributed by atoms with van der Waals surface area (Å²) in [6.45, 7) is 4.19. The first kappa shape index (κ1) is 16.8. The first-order chi connectivity index (χ1) is 11.5. The molecule has 3 rings (SSSR count). The van der Waals surface area contributed by atoms with Crippen molar-refractivity contribution in [2.75, 3.05) is 16.8 Å². The Balaban J connectivity index is 1.78. The third kappa shape index (κ3) is 3.39. The molecule has 2 aromatic carbocycles. The second kappa shape index (κ2) is 6.81. The van der Waals surface area contributed by atoms with Gasteiger partial charge >= 0.3 is 0 Å². The van der Waals surface area contributed by atoms with Crippen LogP contribution in [0.5, 0.6) is 0 Å². The van der Waals surface area contributed by atoms with Gasteiger partial charge in [0.2, 0.25) is 5.91 Å². The molecule has 1 amide bonds. The van der Waals surface area contributed by atoms with Crippen molar-refractivity contribution < 1.29 is 9.18 Å². The lowest BCUT2D eigenvalue weighted by Gasteiger charge is -2.36. The van der Waals surface area contributed by atoms with Crippen LogP contribution in [-0.4, -0.2) is 18.5 Å². The summed E-state index contributed by atoms with van der Waals surface area (Å²) in [5, 5.41) is 3.55. The summed E-state index contributed by atoms with van der Waals surface area (Å²) in [6, 6.07) is 10.4. The lowest BCUT2D eigenvalue weighted by Crippen LogP contribution is -2.42. The normalized spacial score (nSPS) is 16.7. The molecule has 1 atom stereocenters. The van der Waals surface area contributed by atoms with Crippen molar-refractivity contribution in [2.45, 2.75) is 32.7 Å². The van der Waals surface area contributed by atoms with E-state index in [0.29, 0.717) is 5.02 Å². The number of hydrogen-bond donors (Lipinski definition) is 1. The minimum Gasteiger partial charge on any atom is -0.359 e. The Morgan fingerprint density at radius 2 is 2.17 bits per heavy atom. The van der Waals surface area contributed by atoms with Gasteiger partial charge in [0.1, 0.15) is 5.82 Å². The zero-order chi connectivity index (χ0) is 17.3. The number of anilines is 2. The number of carbonyl (C=O) groups is 1. The van der Waals surface area contributed by atoms with Crippen LogP contribution in [0.3, 0.4) is 0 Å². The largest absolute Gasteiger partial charge is 0.359 e. The first-order valence-corrected chi connectivity index (χ1v) is 8.43. The molecular weight excluding hydrogens is 327 g/mol. The molecular formula is C19H20ClFN2O. The number of carbonyl (C=O) groups excluding carboxylic acids is 1. The van der Waals surface area contributed by atoms with Gasteiger partial charge in [-0.2, -0.15) is 0 Å². The van der Waals surface area contributed by atoms with Gasteiger partial charge in [-0.15, -0.1) is 0 Å². The first-order valence-electron chi connectivity index (χ1n) is 8.05. The third-order valence-corrected chi connectivity index (χ3v) is 4.98. The Labute approximate surface area is 146 Å². The summed E-state index contributed by atoms with van der Waals surface area (Å²) < 4.78 is 13.4. The summed E-state index contributed by atoms with van der Waals surface area (Å²) in [5.74, 6) is -0.341. The van der Waals surface area contributed by atoms with Crippen molar-refractivity contribution in [1.82, 2.24) is 0 Å². The van der Waals surface area contributed by atoms with Gasteiger partial charge in [0.25, 0.3) is 0 Å². The third-order valence-electron chi connectivity index (χ3n) is 4.57. The number of amides is 1. The van der Waals surface area contributed by atoms with Crippen LogP contribution < -0.4 is 10.2 Å². The van der Waals surface area contributed by atoms with Gasteiger partial charge in [-0.25, -0.2) is 4.39 Å². The summed E-state index contributed by atoms with van der Waals surface area (Å²) in [4.78, 5) is 14.5. The van der Waals surface area contributed by atoms with Gasteiger partial charge < -0.3 is 10.2 Å². The lowest BCUT2D eigenvalue weighted by atomic mass is 9.96. The van der Waals surface area contributed by atoms with Crippen molar-refractivity contribution in [3.8, 4) is 0 Å². The van der Waals surface area contributed by atoms with E-state index in [9.17, 15) is 9.18 Å². The minimum absolute atomic E-state index is 0.107. The predicted molar refractivity (Wildman–Crippen MR) is 96.3 cm³/mol. The van der Waals surface area contributed by atoms with Crippen LogP contribution in [-0.2, 0) is 11.2 Å². The Bertz CT molecular complexity index is 778. The lowest BCUT2D eigenvalue weighted by molar-refractivity contribution is -0.115. The highest BCUT2D eigenvalue weighted by Crippen LogP contribution is 2.31. The Hall–Kier alpha value is -2.07. The highest BCUT2D eigenvalue weighted by atomic mass is 35.5. The van der Waals surface area contributed by atoms with Crippen LogP contribution in [0.4, 0.5) is 15.8 Å². The van der Waals surface area contributed by atoms with Crippen LogP contribution in [0.15, 0.2) is 36.4 Å². The zero-order valence-electron chi connectivity index (χ0n) is 13.8. The maximum Gasteiger partial charge on any atom is 0.243 e. The fourth-order valence-corrected chi connectivity index (χ4v) is 3.30. The molecule has 0 bridgehead atoms.